The number of benzene rings is 1. The summed E-state index contributed by atoms with van der Waals surface area (Å²) in [4.78, 5) is 21.9. The number of rotatable bonds is 7. The number of carbonyl (C=O) groups is 1. The molecule has 1 aromatic heterocycles. The van der Waals surface area contributed by atoms with Gasteiger partial charge >= 0.3 is 6.03 Å². The van der Waals surface area contributed by atoms with Gasteiger partial charge in [0, 0.05) is 44.5 Å². The summed E-state index contributed by atoms with van der Waals surface area (Å²) in [6.07, 6.45) is 4.94. The normalized spacial score (nSPS) is 19.3. The van der Waals surface area contributed by atoms with E-state index in [0.29, 0.717) is 30.5 Å². The van der Waals surface area contributed by atoms with E-state index in [0.717, 1.165) is 49.2 Å². The molecule has 0 radical (unpaired) electrons. The number of nitrogens with zero attached hydrogens (tertiary/aromatic N) is 3. The Morgan fingerprint density at radius 1 is 1.32 bits per heavy atom. The highest BCUT2D eigenvalue weighted by atomic mass is 16.5. The number of aryl methyl sites for hydroxylation is 2. The summed E-state index contributed by atoms with van der Waals surface area (Å²) >= 11 is 0. The van der Waals surface area contributed by atoms with Crippen LogP contribution in [0, 0.1) is 6.92 Å². The first-order valence-electron chi connectivity index (χ1n) is 12.0. The summed E-state index contributed by atoms with van der Waals surface area (Å²) in [6, 6.07) is 7.95. The molecule has 0 aliphatic carbocycles. The number of hydrogen-bond acceptors (Lipinski definition) is 7. The minimum atomic E-state index is -0.167. The van der Waals surface area contributed by atoms with Crippen LogP contribution in [-0.4, -0.2) is 67.2 Å². The lowest BCUT2D eigenvalue weighted by atomic mass is 9.78. The zero-order valence-electron chi connectivity index (χ0n) is 20.6. The Kier molecular flexibility index (Phi) is 6.90. The lowest BCUT2D eigenvalue weighted by Crippen LogP contribution is -2.60. The summed E-state index contributed by atoms with van der Waals surface area (Å²) in [5.74, 6) is 2.19. The molecule has 4 N–H and O–H groups in total. The SMILES string of the molecule is CCN1C(N)=NC(CCc2ccc(NC)cc2OC)C12CCN(C(=O)Nc1ccoc1C)CC2. The van der Waals surface area contributed by atoms with Crippen LogP contribution in [0.25, 0.3) is 0 Å². The summed E-state index contributed by atoms with van der Waals surface area (Å²) < 4.78 is 10.9. The van der Waals surface area contributed by atoms with Crippen molar-refractivity contribution < 1.29 is 13.9 Å². The minimum Gasteiger partial charge on any atom is -0.496 e. The molecule has 2 aliphatic heterocycles. The molecular formula is C25H36N6O3. The Hall–Kier alpha value is -3.36. The van der Waals surface area contributed by atoms with Crippen LogP contribution in [0.1, 0.15) is 37.5 Å². The number of furan rings is 1. The van der Waals surface area contributed by atoms with E-state index in [4.69, 9.17) is 19.9 Å². The molecule has 4 rings (SSSR count). The molecule has 9 nitrogen and oxygen atoms in total. The predicted molar refractivity (Wildman–Crippen MR) is 135 cm³/mol. The molecule has 1 aromatic carbocycles. The first-order chi connectivity index (χ1) is 16.4. The van der Waals surface area contributed by atoms with Gasteiger partial charge in [0.15, 0.2) is 5.96 Å². The molecule has 1 saturated heterocycles. The van der Waals surface area contributed by atoms with Crippen LogP contribution in [0.4, 0.5) is 16.2 Å². The summed E-state index contributed by atoms with van der Waals surface area (Å²) in [5.41, 5.74) is 9.12. The molecule has 2 aromatic rings. The fraction of sp³-hybridized carbons (Fsp3) is 0.520. The number of likely N-dealkylation sites (N-methyl/N-ethyl adjacent to an activating group) is 1. The van der Waals surface area contributed by atoms with Gasteiger partial charge in [0.25, 0.3) is 0 Å². The van der Waals surface area contributed by atoms with E-state index in [9.17, 15) is 4.79 Å². The second kappa shape index (κ2) is 9.87. The molecule has 3 heterocycles. The highest BCUT2D eigenvalue weighted by Gasteiger charge is 2.50. The smallest absolute Gasteiger partial charge is 0.321 e. The van der Waals surface area contributed by atoms with Crippen molar-refractivity contribution in [3.05, 3.63) is 41.9 Å². The highest BCUT2D eigenvalue weighted by molar-refractivity contribution is 5.90. The monoisotopic (exact) mass is 468 g/mol. The Balaban J connectivity index is 1.45. The van der Waals surface area contributed by atoms with Crippen molar-refractivity contribution in [3.8, 4) is 5.75 Å². The predicted octanol–water partition coefficient (Wildman–Crippen LogP) is 3.66. The van der Waals surface area contributed by atoms with Gasteiger partial charge in [0.1, 0.15) is 11.5 Å². The van der Waals surface area contributed by atoms with Crippen molar-refractivity contribution in [2.24, 2.45) is 10.7 Å². The number of guanidine groups is 1. The van der Waals surface area contributed by atoms with Gasteiger partial charge < -0.3 is 35.3 Å². The Labute approximate surface area is 201 Å². The summed E-state index contributed by atoms with van der Waals surface area (Å²) in [6.45, 7) is 6.06. The second-order valence-electron chi connectivity index (χ2n) is 8.97. The number of urea groups is 1. The molecule has 1 spiro atoms. The summed E-state index contributed by atoms with van der Waals surface area (Å²) in [7, 11) is 3.60. The molecule has 2 aliphatic rings. The van der Waals surface area contributed by atoms with Gasteiger partial charge in [-0.3, -0.25) is 0 Å². The maximum atomic E-state index is 12.8. The van der Waals surface area contributed by atoms with Gasteiger partial charge in [-0.15, -0.1) is 0 Å². The number of aliphatic imine (C=N–C) groups is 1. The zero-order valence-corrected chi connectivity index (χ0v) is 20.6. The fourth-order valence-corrected chi connectivity index (χ4v) is 5.38. The second-order valence-corrected chi connectivity index (χ2v) is 8.97. The van der Waals surface area contributed by atoms with E-state index < -0.39 is 0 Å². The van der Waals surface area contributed by atoms with Crippen LogP contribution >= 0.6 is 0 Å². The maximum absolute atomic E-state index is 12.8. The standard InChI is InChI=1S/C25H36N6O3/c1-5-31-23(26)29-22(9-7-18-6-8-19(27-3)16-21(18)33-4)25(31)11-13-30(14-12-25)24(32)28-20-10-15-34-17(20)2/h6,8,10,15-16,22,27H,5,7,9,11-14H2,1-4H3,(H2,26,29)(H,28,32). The number of methoxy groups -OCH3 is 1. The van der Waals surface area contributed by atoms with Crippen LogP contribution in [-0.2, 0) is 6.42 Å². The lowest BCUT2D eigenvalue weighted by molar-refractivity contribution is 0.0773. The Bertz CT molecular complexity index is 1040. The average molecular weight is 469 g/mol. The molecule has 1 fully saturated rings. The Morgan fingerprint density at radius 2 is 2.09 bits per heavy atom. The molecule has 184 valence electrons. The number of carbonyl (C=O) groups excluding carboxylic acids is 1. The number of nitrogens with one attached hydrogen (secondary N) is 2. The Morgan fingerprint density at radius 3 is 2.71 bits per heavy atom. The van der Waals surface area contributed by atoms with Gasteiger partial charge in [0.2, 0.25) is 0 Å². The van der Waals surface area contributed by atoms with Crippen LogP contribution in [0.2, 0.25) is 0 Å². The molecule has 34 heavy (non-hydrogen) atoms. The summed E-state index contributed by atoms with van der Waals surface area (Å²) in [5, 5.41) is 6.11. The van der Waals surface area contributed by atoms with E-state index in [1.54, 1.807) is 19.4 Å². The quantitative estimate of drug-likeness (QED) is 0.572. The number of ether oxygens (including phenoxy) is 1. The van der Waals surface area contributed by atoms with Crippen LogP contribution in [0.15, 0.2) is 39.9 Å². The average Bonchev–Trinajstić information content (AvgIpc) is 3.37. The molecule has 0 bridgehead atoms. The molecule has 0 saturated carbocycles. The van der Waals surface area contributed by atoms with Gasteiger partial charge in [0.05, 0.1) is 30.6 Å². The third-order valence-corrected chi connectivity index (χ3v) is 7.32. The third-order valence-electron chi connectivity index (χ3n) is 7.32. The van der Waals surface area contributed by atoms with Crippen molar-refractivity contribution in [1.82, 2.24) is 9.80 Å². The lowest BCUT2D eigenvalue weighted by Gasteiger charge is -2.47. The topological polar surface area (TPSA) is 108 Å². The number of likely N-dealkylation sites (tertiary alicyclic amines) is 1. The van der Waals surface area contributed by atoms with E-state index in [1.807, 2.05) is 24.9 Å². The van der Waals surface area contributed by atoms with Gasteiger partial charge in [-0.1, -0.05) is 6.07 Å². The number of nitrogens with two attached hydrogens (primary N) is 1. The van der Waals surface area contributed by atoms with E-state index in [1.165, 1.54) is 0 Å². The number of anilines is 2. The van der Waals surface area contributed by atoms with Crippen LogP contribution < -0.4 is 21.1 Å². The minimum absolute atomic E-state index is 0.0717. The fourth-order valence-electron chi connectivity index (χ4n) is 5.38. The van der Waals surface area contributed by atoms with E-state index >= 15 is 0 Å². The van der Waals surface area contributed by atoms with Crippen molar-refractivity contribution in [2.75, 3.05) is 44.4 Å². The molecule has 1 unspecified atom stereocenters. The largest absolute Gasteiger partial charge is 0.496 e. The van der Waals surface area contributed by atoms with Gasteiger partial charge in [-0.25, -0.2) is 9.79 Å². The number of hydrogen-bond donors (Lipinski definition) is 3. The van der Waals surface area contributed by atoms with E-state index in [-0.39, 0.29) is 17.6 Å². The number of amides is 2. The highest BCUT2D eigenvalue weighted by Crippen LogP contribution is 2.40. The van der Waals surface area contributed by atoms with Crippen LogP contribution in [0.5, 0.6) is 5.75 Å². The first-order valence-corrected chi connectivity index (χ1v) is 12.0. The van der Waals surface area contributed by atoms with E-state index in [2.05, 4.69) is 34.6 Å². The van der Waals surface area contributed by atoms with Gasteiger partial charge in [-0.2, -0.15) is 0 Å². The third kappa shape index (κ3) is 4.38. The van der Waals surface area contributed by atoms with Crippen molar-refractivity contribution in [2.45, 2.75) is 51.1 Å². The van der Waals surface area contributed by atoms with Crippen molar-refractivity contribution >= 4 is 23.4 Å². The molecule has 9 heteroatoms. The zero-order chi connectivity index (χ0) is 24.3. The maximum Gasteiger partial charge on any atom is 0.321 e. The van der Waals surface area contributed by atoms with Gasteiger partial charge in [-0.05, 0) is 51.2 Å². The molecule has 2 amide bonds. The first kappa shape index (κ1) is 23.8. The van der Waals surface area contributed by atoms with Crippen LogP contribution in [0.3, 0.4) is 0 Å². The van der Waals surface area contributed by atoms with Crippen molar-refractivity contribution in [3.63, 3.8) is 0 Å². The number of piperidine rings is 1. The molecular weight excluding hydrogens is 432 g/mol. The molecule has 1 atom stereocenters. The van der Waals surface area contributed by atoms with Crippen molar-refractivity contribution in [1.29, 1.82) is 0 Å².